The lowest BCUT2D eigenvalue weighted by atomic mass is 9.83. The van der Waals surface area contributed by atoms with Crippen molar-refractivity contribution in [2.45, 2.75) is 44.2 Å². The molecule has 5 rings (SSSR count). The molecule has 6 nitrogen and oxygen atoms in total. The highest BCUT2D eigenvalue weighted by atomic mass is 32.1. The lowest BCUT2D eigenvalue weighted by Gasteiger charge is -2.29. The number of aromatic nitrogens is 3. The van der Waals surface area contributed by atoms with Crippen LogP contribution >= 0.6 is 11.3 Å². The number of amides is 1. The first-order chi connectivity index (χ1) is 13.1. The first-order valence-electron chi connectivity index (χ1n) is 9.38. The predicted molar refractivity (Wildman–Crippen MR) is 105 cm³/mol. The van der Waals surface area contributed by atoms with E-state index in [1.54, 1.807) is 12.4 Å². The molecule has 1 spiro atoms. The summed E-state index contributed by atoms with van der Waals surface area (Å²) >= 11 is 1.53. The van der Waals surface area contributed by atoms with E-state index in [1.165, 1.54) is 11.3 Å². The summed E-state index contributed by atoms with van der Waals surface area (Å²) in [5.41, 5.74) is 8.24. The van der Waals surface area contributed by atoms with Crippen molar-refractivity contribution < 1.29 is 4.79 Å². The second kappa shape index (κ2) is 6.35. The SMILES string of the molecule is NC1CC12CCC(NC(=O)c1nccnc1-c1nc3ccccc3s1)CC2. The molecular weight excluding hydrogens is 358 g/mol. The van der Waals surface area contributed by atoms with Crippen LogP contribution in [0.1, 0.15) is 42.6 Å². The first kappa shape index (κ1) is 16.8. The summed E-state index contributed by atoms with van der Waals surface area (Å²) in [4.78, 5) is 26.3. The highest BCUT2D eigenvalue weighted by Crippen LogP contribution is 2.55. The molecule has 2 heterocycles. The summed E-state index contributed by atoms with van der Waals surface area (Å²) in [6.07, 6.45) is 8.47. The van der Waals surface area contributed by atoms with Crippen LogP contribution in [0.3, 0.4) is 0 Å². The van der Waals surface area contributed by atoms with Crippen molar-refractivity contribution in [3.8, 4) is 10.7 Å². The Labute approximate surface area is 161 Å². The summed E-state index contributed by atoms with van der Waals surface area (Å²) in [6, 6.07) is 8.47. The van der Waals surface area contributed by atoms with Gasteiger partial charge in [0.25, 0.3) is 5.91 Å². The normalized spacial score (nSPS) is 27.0. The van der Waals surface area contributed by atoms with E-state index in [0.717, 1.165) is 47.3 Å². The molecular formula is C20H21N5OS. The summed E-state index contributed by atoms with van der Waals surface area (Å²) in [6.45, 7) is 0. The summed E-state index contributed by atoms with van der Waals surface area (Å²) in [7, 11) is 0. The van der Waals surface area contributed by atoms with Gasteiger partial charge in [-0.3, -0.25) is 4.79 Å². The fourth-order valence-corrected chi connectivity index (χ4v) is 5.14. The topological polar surface area (TPSA) is 93.8 Å². The minimum absolute atomic E-state index is 0.168. The van der Waals surface area contributed by atoms with Gasteiger partial charge in [-0.1, -0.05) is 12.1 Å². The molecule has 1 atom stereocenters. The van der Waals surface area contributed by atoms with Crippen molar-refractivity contribution in [3.63, 3.8) is 0 Å². The van der Waals surface area contributed by atoms with E-state index < -0.39 is 0 Å². The molecule has 2 aliphatic rings. The molecule has 2 saturated carbocycles. The monoisotopic (exact) mass is 379 g/mol. The highest BCUT2D eigenvalue weighted by molar-refractivity contribution is 7.21. The molecule has 1 aromatic carbocycles. The third-order valence-corrected chi connectivity index (χ3v) is 7.02. The second-order valence-electron chi connectivity index (χ2n) is 7.66. The molecule has 7 heteroatoms. The van der Waals surface area contributed by atoms with Crippen LogP contribution in [0.2, 0.25) is 0 Å². The van der Waals surface area contributed by atoms with E-state index in [1.807, 2.05) is 24.3 Å². The zero-order valence-corrected chi connectivity index (χ0v) is 15.7. The molecule has 27 heavy (non-hydrogen) atoms. The molecule has 3 N–H and O–H groups in total. The van der Waals surface area contributed by atoms with Gasteiger partial charge in [-0.15, -0.1) is 11.3 Å². The van der Waals surface area contributed by atoms with Gasteiger partial charge in [0, 0.05) is 24.5 Å². The van der Waals surface area contributed by atoms with Gasteiger partial charge in [-0.05, 0) is 49.7 Å². The number of carbonyl (C=O) groups is 1. The van der Waals surface area contributed by atoms with Crippen LogP contribution in [0, 0.1) is 5.41 Å². The number of fused-ring (bicyclic) bond motifs is 1. The molecule has 2 fully saturated rings. The number of para-hydroxylation sites is 1. The van der Waals surface area contributed by atoms with Gasteiger partial charge in [0.15, 0.2) is 5.69 Å². The number of nitrogens with zero attached hydrogens (tertiary/aromatic N) is 3. The fourth-order valence-electron chi connectivity index (χ4n) is 4.18. The molecule has 0 bridgehead atoms. The molecule has 0 saturated heterocycles. The Bertz CT molecular complexity index is 975. The summed E-state index contributed by atoms with van der Waals surface area (Å²) in [5, 5.41) is 3.88. The Morgan fingerprint density at radius 1 is 1.19 bits per heavy atom. The molecule has 2 aliphatic carbocycles. The maximum atomic E-state index is 12.9. The molecule has 138 valence electrons. The van der Waals surface area contributed by atoms with Gasteiger partial charge < -0.3 is 11.1 Å². The zero-order chi connectivity index (χ0) is 18.4. The Morgan fingerprint density at radius 2 is 1.93 bits per heavy atom. The molecule has 0 radical (unpaired) electrons. The Morgan fingerprint density at radius 3 is 2.67 bits per heavy atom. The van der Waals surface area contributed by atoms with Gasteiger partial charge in [-0.2, -0.15) is 0 Å². The Hall–Kier alpha value is -2.38. The molecule has 1 amide bonds. The number of thiazole rings is 1. The lowest BCUT2D eigenvalue weighted by Crippen LogP contribution is -2.39. The van der Waals surface area contributed by atoms with Gasteiger partial charge >= 0.3 is 0 Å². The quantitative estimate of drug-likeness (QED) is 0.729. The Balaban J connectivity index is 1.36. The third-order valence-electron chi connectivity index (χ3n) is 5.98. The van der Waals surface area contributed by atoms with Crippen LogP contribution in [0.5, 0.6) is 0 Å². The molecule has 1 unspecified atom stereocenters. The lowest BCUT2D eigenvalue weighted by molar-refractivity contribution is 0.0914. The van der Waals surface area contributed by atoms with E-state index in [2.05, 4.69) is 20.3 Å². The molecule has 0 aliphatic heterocycles. The van der Waals surface area contributed by atoms with Gasteiger partial charge in [0.05, 0.1) is 10.2 Å². The van der Waals surface area contributed by atoms with Crippen molar-refractivity contribution in [3.05, 3.63) is 42.4 Å². The van der Waals surface area contributed by atoms with E-state index in [0.29, 0.717) is 22.8 Å². The van der Waals surface area contributed by atoms with Gasteiger partial charge in [0.2, 0.25) is 0 Å². The fraction of sp³-hybridized carbons (Fsp3) is 0.400. The standard InChI is InChI=1S/C20H21N5OS/c21-15-11-20(15)7-5-12(6-8-20)24-18(26)16-17(23-10-9-22-16)19-25-13-3-1-2-4-14(13)27-19/h1-4,9-10,12,15H,5-8,11,21H2,(H,24,26). The number of hydrogen-bond acceptors (Lipinski definition) is 6. The van der Waals surface area contributed by atoms with Crippen LogP contribution in [0.4, 0.5) is 0 Å². The summed E-state index contributed by atoms with van der Waals surface area (Å²) in [5.74, 6) is -0.168. The van der Waals surface area contributed by atoms with Gasteiger partial charge in [0.1, 0.15) is 10.7 Å². The average molecular weight is 379 g/mol. The second-order valence-corrected chi connectivity index (χ2v) is 8.69. The molecule has 3 aromatic rings. The highest BCUT2D eigenvalue weighted by Gasteiger charge is 2.52. The number of nitrogens with two attached hydrogens (primary N) is 1. The summed E-state index contributed by atoms with van der Waals surface area (Å²) < 4.78 is 1.07. The van der Waals surface area contributed by atoms with Crippen molar-refractivity contribution in [1.29, 1.82) is 0 Å². The zero-order valence-electron chi connectivity index (χ0n) is 14.9. The van der Waals surface area contributed by atoms with Crippen LogP contribution < -0.4 is 11.1 Å². The minimum atomic E-state index is -0.168. The van der Waals surface area contributed by atoms with E-state index >= 15 is 0 Å². The molecule has 2 aromatic heterocycles. The van der Waals surface area contributed by atoms with Crippen molar-refractivity contribution in [2.24, 2.45) is 11.1 Å². The number of hydrogen-bond donors (Lipinski definition) is 2. The minimum Gasteiger partial charge on any atom is -0.348 e. The van der Waals surface area contributed by atoms with Crippen LogP contribution in [0.15, 0.2) is 36.7 Å². The third kappa shape index (κ3) is 3.00. The number of benzene rings is 1. The smallest absolute Gasteiger partial charge is 0.272 e. The first-order valence-corrected chi connectivity index (χ1v) is 10.2. The number of nitrogens with one attached hydrogen (secondary N) is 1. The maximum absolute atomic E-state index is 12.9. The van der Waals surface area contributed by atoms with Crippen molar-refractivity contribution in [1.82, 2.24) is 20.3 Å². The van der Waals surface area contributed by atoms with E-state index in [9.17, 15) is 4.79 Å². The van der Waals surface area contributed by atoms with E-state index in [4.69, 9.17) is 5.73 Å². The van der Waals surface area contributed by atoms with Crippen molar-refractivity contribution in [2.75, 3.05) is 0 Å². The van der Waals surface area contributed by atoms with E-state index in [-0.39, 0.29) is 11.9 Å². The van der Waals surface area contributed by atoms with Crippen LogP contribution in [-0.2, 0) is 0 Å². The Kier molecular flexibility index (Phi) is 3.94. The largest absolute Gasteiger partial charge is 0.348 e. The number of rotatable bonds is 3. The van der Waals surface area contributed by atoms with Crippen LogP contribution in [-0.4, -0.2) is 32.9 Å². The average Bonchev–Trinajstić information content (AvgIpc) is 3.13. The maximum Gasteiger partial charge on any atom is 0.272 e. The predicted octanol–water partition coefficient (Wildman–Crippen LogP) is 3.14. The van der Waals surface area contributed by atoms with Crippen LogP contribution in [0.25, 0.3) is 20.9 Å². The number of carbonyl (C=O) groups excluding carboxylic acids is 1. The van der Waals surface area contributed by atoms with Crippen molar-refractivity contribution >= 4 is 27.5 Å². The van der Waals surface area contributed by atoms with Gasteiger partial charge in [-0.25, -0.2) is 15.0 Å².